The number of rotatable bonds is 3. The zero-order valence-corrected chi connectivity index (χ0v) is 10.2. The van der Waals surface area contributed by atoms with E-state index < -0.39 is 10.6 Å². The van der Waals surface area contributed by atoms with Crippen molar-refractivity contribution in [1.29, 1.82) is 0 Å². The Labute approximate surface area is 108 Å². The molecule has 2 rings (SSSR count). The van der Waals surface area contributed by atoms with Gasteiger partial charge in [-0.25, -0.2) is 9.78 Å². The number of nitrogen functional groups attached to an aromatic ring is 1. The molecule has 0 radical (unpaired) electrons. The number of nitrogens with zero attached hydrogens (tertiary/aromatic N) is 3. The highest BCUT2D eigenvalue weighted by molar-refractivity contribution is 5.63. The maximum absolute atomic E-state index is 11.6. The highest BCUT2D eigenvalue weighted by Crippen LogP contribution is 2.25. The zero-order valence-electron chi connectivity index (χ0n) is 10.2. The number of nitrogens with two attached hydrogens (primary N) is 1. The third kappa shape index (κ3) is 2.59. The van der Waals surface area contributed by atoms with E-state index in [1.165, 1.54) is 22.9 Å². The Morgan fingerprint density at radius 1 is 1.47 bits per heavy atom. The maximum atomic E-state index is 11.6. The topological polar surface area (TPSA) is 104 Å². The van der Waals surface area contributed by atoms with Crippen molar-refractivity contribution in [3.8, 4) is 0 Å². The van der Waals surface area contributed by atoms with Gasteiger partial charge in [-0.1, -0.05) is 12.1 Å². The van der Waals surface area contributed by atoms with Crippen molar-refractivity contribution in [2.75, 3.05) is 5.73 Å². The predicted octanol–water partition coefficient (Wildman–Crippen LogP) is 1.09. The maximum Gasteiger partial charge on any atom is 0.347 e. The molecule has 0 unspecified atom stereocenters. The van der Waals surface area contributed by atoms with Gasteiger partial charge in [-0.2, -0.15) is 0 Å². The molecule has 19 heavy (non-hydrogen) atoms. The molecule has 1 heterocycles. The molecule has 2 aromatic rings. The summed E-state index contributed by atoms with van der Waals surface area (Å²) in [5.74, 6) is 0. The first-order chi connectivity index (χ1) is 8.99. The molecule has 1 aromatic carbocycles. The summed E-state index contributed by atoms with van der Waals surface area (Å²) in [6.07, 6.45) is 3.10. The van der Waals surface area contributed by atoms with Crippen molar-refractivity contribution >= 4 is 11.4 Å². The van der Waals surface area contributed by atoms with Crippen LogP contribution in [0.4, 0.5) is 11.4 Å². The van der Waals surface area contributed by atoms with E-state index in [1.54, 1.807) is 19.2 Å². The van der Waals surface area contributed by atoms with Crippen molar-refractivity contribution in [2.24, 2.45) is 0 Å². The van der Waals surface area contributed by atoms with E-state index in [2.05, 4.69) is 4.98 Å². The Balaban J connectivity index is 2.44. The van der Waals surface area contributed by atoms with Gasteiger partial charge in [0.05, 0.1) is 11.5 Å². The van der Waals surface area contributed by atoms with E-state index in [9.17, 15) is 14.9 Å². The van der Waals surface area contributed by atoms with Gasteiger partial charge in [0, 0.05) is 24.0 Å². The van der Waals surface area contributed by atoms with Crippen LogP contribution < -0.4 is 11.4 Å². The fourth-order valence-corrected chi connectivity index (χ4v) is 1.76. The zero-order chi connectivity index (χ0) is 14.0. The minimum Gasteiger partial charge on any atom is -0.393 e. The molecule has 1 aromatic heterocycles. The number of para-hydroxylation sites is 1. The van der Waals surface area contributed by atoms with Gasteiger partial charge in [-0.3, -0.25) is 14.7 Å². The summed E-state index contributed by atoms with van der Waals surface area (Å²) in [5.41, 5.74) is 6.57. The lowest BCUT2D eigenvalue weighted by Gasteiger charge is -2.08. The molecule has 0 aliphatic heterocycles. The highest BCUT2D eigenvalue weighted by Gasteiger charge is 2.14. The summed E-state index contributed by atoms with van der Waals surface area (Å²) in [6.45, 7) is 1.96. The highest BCUT2D eigenvalue weighted by atomic mass is 16.6. The van der Waals surface area contributed by atoms with Crippen molar-refractivity contribution in [2.45, 2.75) is 13.5 Å². The summed E-state index contributed by atoms with van der Waals surface area (Å²) >= 11 is 0. The van der Waals surface area contributed by atoms with Crippen LogP contribution in [0.1, 0.15) is 11.1 Å². The number of hydrogen-bond acceptors (Lipinski definition) is 5. The molecule has 7 heteroatoms. The van der Waals surface area contributed by atoms with E-state index in [-0.39, 0.29) is 17.9 Å². The van der Waals surface area contributed by atoms with Gasteiger partial charge >= 0.3 is 5.69 Å². The average Bonchev–Trinajstić information content (AvgIpc) is 2.36. The van der Waals surface area contributed by atoms with E-state index >= 15 is 0 Å². The molecule has 0 atom stereocenters. The largest absolute Gasteiger partial charge is 0.393 e. The van der Waals surface area contributed by atoms with Crippen LogP contribution in [0.2, 0.25) is 0 Å². The van der Waals surface area contributed by atoms with Crippen LogP contribution in [0.5, 0.6) is 0 Å². The summed E-state index contributed by atoms with van der Waals surface area (Å²) in [7, 11) is 0. The van der Waals surface area contributed by atoms with E-state index in [0.29, 0.717) is 5.56 Å². The molecule has 0 saturated heterocycles. The van der Waals surface area contributed by atoms with Gasteiger partial charge in [0.2, 0.25) is 0 Å². The Hall–Kier alpha value is -2.70. The second kappa shape index (κ2) is 4.89. The van der Waals surface area contributed by atoms with Crippen LogP contribution >= 0.6 is 0 Å². The summed E-state index contributed by atoms with van der Waals surface area (Å²) in [4.78, 5) is 25.5. The molecule has 0 spiro atoms. The molecule has 0 aliphatic rings. The molecular formula is C12H12N4O3. The van der Waals surface area contributed by atoms with Gasteiger partial charge in [0.1, 0.15) is 5.69 Å². The fraction of sp³-hybridized carbons (Fsp3) is 0.167. The van der Waals surface area contributed by atoms with Gasteiger partial charge in [0.15, 0.2) is 0 Å². The van der Waals surface area contributed by atoms with E-state index in [0.717, 1.165) is 5.56 Å². The van der Waals surface area contributed by atoms with Crippen LogP contribution in [0, 0.1) is 17.0 Å². The first-order valence-electron chi connectivity index (χ1n) is 5.54. The number of hydrogen-bond donors (Lipinski definition) is 1. The Kier molecular flexibility index (Phi) is 3.28. The van der Waals surface area contributed by atoms with Crippen LogP contribution in [0.25, 0.3) is 0 Å². The first-order valence-corrected chi connectivity index (χ1v) is 5.54. The number of benzene rings is 1. The normalized spacial score (nSPS) is 10.4. The monoisotopic (exact) mass is 260 g/mol. The minimum atomic E-state index is -0.546. The number of aryl methyl sites for hydroxylation is 1. The number of aromatic nitrogens is 2. The SMILES string of the molecule is Cc1cnc(=O)n(Cc2cccc([N+](=O)[O-])c2N)c1. The lowest BCUT2D eigenvalue weighted by atomic mass is 10.1. The van der Waals surface area contributed by atoms with Crippen LogP contribution in [0.3, 0.4) is 0 Å². The van der Waals surface area contributed by atoms with Gasteiger partial charge < -0.3 is 5.73 Å². The van der Waals surface area contributed by atoms with E-state index in [1.807, 2.05) is 0 Å². The van der Waals surface area contributed by atoms with Crippen LogP contribution in [0.15, 0.2) is 35.4 Å². The predicted molar refractivity (Wildman–Crippen MR) is 69.8 cm³/mol. The first kappa shape index (κ1) is 12.7. The Bertz CT molecular complexity index is 694. The summed E-state index contributed by atoms with van der Waals surface area (Å²) < 4.78 is 1.37. The number of nitro benzene ring substituents is 1. The molecule has 0 saturated carbocycles. The average molecular weight is 260 g/mol. The summed E-state index contributed by atoms with van der Waals surface area (Å²) in [6, 6.07) is 4.52. The fourth-order valence-electron chi connectivity index (χ4n) is 1.76. The second-order valence-electron chi connectivity index (χ2n) is 4.15. The van der Waals surface area contributed by atoms with Crippen molar-refractivity contribution in [1.82, 2.24) is 9.55 Å². The van der Waals surface area contributed by atoms with Gasteiger partial charge in [0.25, 0.3) is 5.69 Å². The molecule has 7 nitrogen and oxygen atoms in total. The molecule has 0 fully saturated rings. The quantitative estimate of drug-likeness (QED) is 0.505. The molecule has 98 valence electrons. The minimum absolute atomic E-state index is 0.0703. The van der Waals surface area contributed by atoms with Gasteiger partial charge in [-0.05, 0) is 12.5 Å². The Morgan fingerprint density at radius 3 is 2.89 bits per heavy atom. The third-order valence-electron chi connectivity index (χ3n) is 2.69. The number of nitro groups is 1. The molecule has 0 aliphatic carbocycles. The smallest absolute Gasteiger partial charge is 0.347 e. The molecule has 2 N–H and O–H groups in total. The second-order valence-corrected chi connectivity index (χ2v) is 4.15. The van der Waals surface area contributed by atoms with Crippen LogP contribution in [-0.2, 0) is 6.54 Å². The van der Waals surface area contributed by atoms with Crippen molar-refractivity contribution < 1.29 is 4.92 Å². The van der Waals surface area contributed by atoms with Crippen LogP contribution in [-0.4, -0.2) is 14.5 Å². The molecular weight excluding hydrogens is 248 g/mol. The van der Waals surface area contributed by atoms with Gasteiger partial charge in [-0.15, -0.1) is 0 Å². The lowest BCUT2D eigenvalue weighted by Crippen LogP contribution is -2.23. The standard InChI is InChI=1S/C12H12N4O3/c1-8-5-14-12(17)15(6-8)7-9-3-2-4-10(11(9)13)16(18)19/h2-6H,7,13H2,1H3. The third-order valence-corrected chi connectivity index (χ3v) is 2.69. The lowest BCUT2D eigenvalue weighted by molar-refractivity contribution is -0.383. The molecule has 0 amide bonds. The number of anilines is 1. The van der Waals surface area contributed by atoms with Crippen molar-refractivity contribution in [3.05, 3.63) is 62.3 Å². The molecule has 0 bridgehead atoms. The van der Waals surface area contributed by atoms with Crippen molar-refractivity contribution in [3.63, 3.8) is 0 Å². The Morgan fingerprint density at radius 2 is 2.21 bits per heavy atom. The summed E-state index contributed by atoms with van der Waals surface area (Å²) in [5, 5.41) is 10.8. The van der Waals surface area contributed by atoms with E-state index in [4.69, 9.17) is 5.73 Å².